The van der Waals surface area contributed by atoms with Crippen molar-refractivity contribution >= 4 is 21.5 Å². The Morgan fingerprint density at radius 3 is 2.52 bits per heavy atom. The first kappa shape index (κ1) is 16.1. The van der Waals surface area contributed by atoms with E-state index in [-0.39, 0.29) is 28.6 Å². The summed E-state index contributed by atoms with van der Waals surface area (Å²) in [5.74, 6) is 0.370. The van der Waals surface area contributed by atoms with E-state index in [1.807, 2.05) is 13.8 Å². The predicted molar refractivity (Wildman–Crippen MR) is 82.0 cm³/mol. The molecule has 0 amide bonds. The van der Waals surface area contributed by atoms with Crippen LogP contribution < -0.4 is 11.1 Å². The van der Waals surface area contributed by atoms with E-state index in [1.54, 1.807) is 0 Å². The first-order chi connectivity index (χ1) is 9.71. The highest BCUT2D eigenvalue weighted by Crippen LogP contribution is 2.35. The highest BCUT2D eigenvalue weighted by atomic mass is 32.2. The van der Waals surface area contributed by atoms with Gasteiger partial charge in [-0.05, 0) is 26.7 Å². The average Bonchev–Trinajstić information content (AvgIpc) is 2.65. The molecule has 2 atom stereocenters. The molecule has 1 aromatic heterocycles. The monoisotopic (exact) mass is 316 g/mol. The van der Waals surface area contributed by atoms with Crippen LogP contribution in [0.15, 0.2) is 4.90 Å². The van der Waals surface area contributed by atoms with Gasteiger partial charge in [-0.3, -0.25) is 0 Å². The number of anilines is 2. The van der Waals surface area contributed by atoms with Gasteiger partial charge >= 0.3 is 0 Å². The zero-order chi connectivity index (χ0) is 15.8. The zero-order valence-electron chi connectivity index (χ0n) is 12.7. The highest BCUT2D eigenvalue weighted by Gasteiger charge is 2.32. The normalized spacial score (nSPS) is 23.5. The zero-order valence-corrected chi connectivity index (χ0v) is 13.5. The van der Waals surface area contributed by atoms with Crippen LogP contribution in [0, 0.1) is 0 Å². The van der Waals surface area contributed by atoms with Crippen molar-refractivity contribution in [1.29, 1.82) is 0 Å². The van der Waals surface area contributed by atoms with Crippen molar-refractivity contribution in [2.45, 2.75) is 62.6 Å². The average molecular weight is 316 g/mol. The number of aromatic nitrogens is 2. The molecule has 1 aliphatic rings. The molecule has 1 fully saturated rings. The number of nitrogen functional groups attached to an aromatic ring is 1. The van der Waals surface area contributed by atoms with Crippen LogP contribution in [0.5, 0.6) is 0 Å². The molecule has 0 spiro atoms. The lowest BCUT2D eigenvalue weighted by molar-refractivity contribution is 0.0706. The lowest BCUT2D eigenvalue weighted by Crippen LogP contribution is -2.29. The number of sulfone groups is 1. The van der Waals surface area contributed by atoms with Crippen molar-refractivity contribution < 1.29 is 13.5 Å². The van der Waals surface area contributed by atoms with Crippen LogP contribution in [0.3, 0.4) is 0 Å². The molecule has 8 heteroatoms. The first-order valence-electron chi connectivity index (χ1n) is 7.24. The largest absolute Gasteiger partial charge is 0.391 e. The van der Waals surface area contributed by atoms with Crippen LogP contribution in [-0.2, 0) is 9.84 Å². The van der Waals surface area contributed by atoms with E-state index in [2.05, 4.69) is 10.4 Å². The lowest BCUT2D eigenvalue weighted by Gasteiger charge is -2.28. The predicted octanol–water partition coefficient (Wildman–Crippen LogP) is 1.17. The molecule has 7 nitrogen and oxygen atoms in total. The molecular weight excluding hydrogens is 292 g/mol. The molecule has 2 rings (SSSR count). The molecule has 0 aliphatic heterocycles. The molecule has 1 heterocycles. The van der Waals surface area contributed by atoms with E-state index in [9.17, 15) is 13.5 Å². The lowest BCUT2D eigenvalue weighted by atomic mass is 9.93. The molecule has 0 saturated heterocycles. The SMILES string of the molecule is CC(C)Nc1nn(C2CCCCC2O)c(N)c1S(C)(=O)=O. The maximum atomic E-state index is 12.0. The summed E-state index contributed by atoms with van der Waals surface area (Å²) in [6.07, 6.45) is 3.95. The van der Waals surface area contributed by atoms with Gasteiger partial charge in [0.05, 0.1) is 12.1 Å². The van der Waals surface area contributed by atoms with E-state index in [1.165, 1.54) is 4.68 Å². The molecule has 0 bridgehead atoms. The molecule has 1 saturated carbocycles. The summed E-state index contributed by atoms with van der Waals surface area (Å²) in [5.41, 5.74) is 6.03. The second-order valence-corrected chi connectivity index (χ2v) is 7.95. The van der Waals surface area contributed by atoms with Gasteiger partial charge < -0.3 is 16.2 Å². The van der Waals surface area contributed by atoms with Crippen LogP contribution in [-0.4, -0.2) is 41.7 Å². The summed E-state index contributed by atoms with van der Waals surface area (Å²) in [6, 6.07) is -0.230. The van der Waals surface area contributed by atoms with E-state index in [0.717, 1.165) is 25.5 Å². The molecule has 4 N–H and O–H groups in total. The molecular formula is C13H24N4O3S. The summed E-state index contributed by atoms with van der Waals surface area (Å²) in [4.78, 5) is 0.0222. The van der Waals surface area contributed by atoms with Crippen molar-refractivity contribution in [1.82, 2.24) is 9.78 Å². The van der Waals surface area contributed by atoms with Gasteiger partial charge in [-0.2, -0.15) is 5.10 Å². The fourth-order valence-corrected chi connectivity index (χ4v) is 3.72. The molecule has 1 aliphatic carbocycles. The number of rotatable bonds is 4. The van der Waals surface area contributed by atoms with Crippen LogP contribution in [0.4, 0.5) is 11.6 Å². The van der Waals surface area contributed by atoms with Gasteiger partial charge in [-0.25, -0.2) is 13.1 Å². The second-order valence-electron chi connectivity index (χ2n) is 6.00. The van der Waals surface area contributed by atoms with Gasteiger partial charge in [-0.1, -0.05) is 12.8 Å². The van der Waals surface area contributed by atoms with Crippen molar-refractivity contribution in [3.63, 3.8) is 0 Å². The molecule has 120 valence electrons. The molecule has 2 unspecified atom stereocenters. The summed E-state index contributed by atoms with van der Waals surface area (Å²) in [6.45, 7) is 3.80. The third-order valence-electron chi connectivity index (χ3n) is 3.71. The smallest absolute Gasteiger partial charge is 0.182 e. The van der Waals surface area contributed by atoms with E-state index in [0.29, 0.717) is 6.42 Å². The van der Waals surface area contributed by atoms with Gasteiger partial charge in [0.2, 0.25) is 0 Å². The molecule has 0 aromatic carbocycles. The number of nitrogens with one attached hydrogen (secondary N) is 1. The van der Waals surface area contributed by atoms with Crippen LogP contribution >= 0.6 is 0 Å². The summed E-state index contributed by atoms with van der Waals surface area (Å²) in [7, 11) is -3.50. The van der Waals surface area contributed by atoms with Crippen molar-refractivity contribution in [3.8, 4) is 0 Å². The Kier molecular flexibility index (Phi) is 4.48. The van der Waals surface area contributed by atoms with E-state index in [4.69, 9.17) is 5.73 Å². The molecule has 21 heavy (non-hydrogen) atoms. The van der Waals surface area contributed by atoms with Gasteiger partial charge in [-0.15, -0.1) is 0 Å². The Morgan fingerprint density at radius 1 is 1.38 bits per heavy atom. The van der Waals surface area contributed by atoms with Crippen molar-refractivity contribution in [3.05, 3.63) is 0 Å². The summed E-state index contributed by atoms with van der Waals surface area (Å²) in [5, 5.41) is 17.5. The van der Waals surface area contributed by atoms with Crippen molar-refractivity contribution in [2.75, 3.05) is 17.3 Å². The van der Waals surface area contributed by atoms with Crippen LogP contribution in [0.2, 0.25) is 0 Å². The van der Waals surface area contributed by atoms with Gasteiger partial charge in [0.1, 0.15) is 5.82 Å². The first-order valence-corrected chi connectivity index (χ1v) is 9.13. The topological polar surface area (TPSA) is 110 Å². The number of nitrogens with zero attached hydrogens (tertiary/aromatic N) is 2. The number of aliphatic hydroxyl groups excluding tert-OH is 1. The minimum absolute atomic E-state index is 0.0222. The number of hydrogen-bond acceptors (Lipinski definition) is 6. The Bertz CT molecular complexity index is 609. The van der Waals surface area contributed by atoms with Gasteiger partial charge in [0.25, 0.3) is 0 Å². The maximum absolute atomic E-state index is 12.0. The highest BCUT2D eigenvalue weighted by molar-refractivity contribution is 7.91. The number of aliphatic hydroxyl groups is 1. The Labute approximate surface area is 125 Å². The fourth-order valence-electron chi connectivity index (χ4n) is 2.80. The Morgan fingerprint density at radius 2 is 2.00 bits per heavy atom. The summed E-state index contributed by atoms with van der Waals surface area (Å²) >= 11 is 0. The quantitative estimate of drug-likeness (QED) is 0.769. The summed E-state index contributed by atoms with van der Waals surface area (Å²) < 4.78 is 25.5. The maximum Gasteiger partial charge on any atom is 0.182 e. The standard InChI is InChI=1S/C13H24N4O3S/c1-8(2)15-13-11(21(3,19)20)12(14)17(16-13)9-6-4-5-7-10(9)18/h8-10,18H,4-7,14H2,1-3H3,(H,15,16). The molecule has 0 radical (unpaired) electrons. The van der Waals surface area contributed by atoms with Crippen molar-refractivity contribution in [2.24, 2.45) is 0 Å². The van der Waals surface area contributed by atoms with Gasteiger partial charge in [0, 0.05) is 12.3 Å². The third kappa shape index (κ3) is 3.32. The number of hydrogen-bond donors (Lipinski definition) is 3. The van der Waals surface area contributed by atoms with E-state index < -0.39 is 15.9 Å². The molecule has 1 aromatic rings. The Hall–Kier alpha value is -1.28. The minimum Gasteiger partial charge on any atom is -0.391 e. The van der Waals surface area contributed by atoms with Gasteiger partial charge in [0.15, 0.2) is 20.6 Å². The van der Waals surface area contributed by atoms with Crippen LogP contribution in [0.25, 0.3) is 0 Å². The van der Waals surface area contributed by atoms with E-state index >= 15 is 0 Å². The number of nitrogens with two attached hydrogens (primary N) is 1. The van der Waals surface area contributed by atoms with Crippen LogP contribution in [0.1, 0.15) is 45.6 Å². The second kappa shape index (κ2) is 5.84. The third-order valence-corrected chi connectivity index (χ3v) is 4.85. The Balaban J connectivity index is 2.50. The fraction of sp³-hybridized carbons (Fsp3) is 0.769. The minimum atomic E-state index is -3.50.